The van der Waals surface area contributed by atoms with Gasteiger partial charge in [-0.25, -0.2) is 0 Å². The number of nitrogens with two attached hydrogens (primary N) is 1. The van der Waals surface area contributed by atoms with E-state index in [1.54, 1.807) is 18.4 Å². The van der Waals surface area contributed by atoms with E-state index in [4.69, 9.17) is 10.5 Å². The number of benzene rings is 1. The highest BCUT2D eigenvalue weighted by Gasteiger charge is 2.14. The molecule has 0 spiro atoms. The maximum Gasteiger partial charge on any atom is 0.125 e. The summed E-state index contributed by atoms with van der Waals surface area (Å²) in [5, 5.41) is 2.03. The monoisotopic (exact) mass is 297 g/mol. The SMILES string of the molecule is COc1cc(Br)ccc1C(N)c1cccs1. The van der Waals surface area contributed by atoms with Gasteiger partial charge in [0.25, 0.3) is 0 Å². The van der Waals surface area contributed by atoms with Crippen LogP contribution in [0.4, 0.5) is 0 Å². The van der Waals surface area contributed by atoms with Crippen LogP contribution >= 0.6 is 27.3 Å². The fraction of sp³-hybridized carbons (Fsp3) is 0.167. The molecule has 84 valence electrons. The van der Waals surface area contributed by atoms with Crippen LogP contribution < -0.4 is 10.5 Å². The standard InChI is InChI=1S/C12H12BrNOS/c1-15-10-7-8(13)4-5-9(10)12(14)11-3-2-6-16-11/h2-7,12H,14H2,1H3. The molecule has 0 saturated heterocycles. The van der Waals surface area contributed by atoms with E-state index in [9.17, 15) is 0 Å². The van der Waals surface area contributed by atoms with Crippen LogP contribution in [0.25, 0.3) is 0 Å². The van der Waals surface area contributed by atoms with Crippen LogP contribution in [0.1, 0.15) is 16.5 Å². The topological polar surface area (TPSA) is 35.2 Å². The Bertz CT molecular complexity index is 470. The van der Waals surface area contributed by atoms with Crippen LogP contribution in [-0.2, 0) is 0 Å². The number of hydrogen-bond donors (Lipinski definition) is 1. The molecular formula is C12H12BrNOS. The molecule has 1 aromatic carbocycles. The van der Waals surface area contributed by atoms with Gasteiger partial charge in [-0.3, -0.25) is 0 Å². The van der Waals surface area contributed by atoms with Crippen molar-refractivity contribution in [1.29, 1.82) is 0 Å². The third kappa shape index (κ3) is 2.29. The Morgan fingerprint density at radius 3 is 2.81 bits per heavy atom. The molecule has 1 unspecified atom stereocenters. The first-order valence-electron chi connectivity index (χ1n) is 4.85. The van der Waals surface area contributed by atoms with Crippen molar-refractivity contribution >= 4 is 27.3 Å². The number of thiophene rings is 1. The molecule has 16 heavy (non-hydrogen) atoms. The smallest absolute Gasteiger partial charge is 0.125 e. The maximum atomic E-state index is 6.20. The molecule has 0 aliphatic rings. The highest BCUT2D eigenvalue weighted by Crippen LogP contribution is 2.32. The van der Waals surface area contributed by atoms with E-state index in [1.807, 2.05) is 35.7 Å². The van der Waals surface area contributed by atoms with Crippen LogP contribution in [0.15, 0.2) is 40.2 Å². The predicted octanol–water partition coefficient (Wildman–Crippen LogP) is 3.57. The number of halogens is 1. The van der Waals surface area contributed by atoms with Gasteiger partial charge < -0.3 is 10.5 Å². The molecule has 0 aliphatic carbocycles. The Morgan fingerprint density at radius 1 is 1.38 bits per heavy atom. The zero-order chi connectivity index (χ0) is 11.5. The summed E-state index contributed by atoms with van der Waals surface area (Å²) in [7, 11) is 1.66. The second-order valence-corrected chi connectivity index (χ2v) is 5.27. The summed E-state index contributed by atoms with van der Waals surface area (Å²) in [4.78, 5) is 1.14. The van der Waals surface area contributed by atoms with E-state index in [-0.39, 0.29) is 6.04 Å². The van der Waals surface area contributed by atoms with Crippen molar-refractivity contribution in [2.75, 3.05) is 7.11 Å². The van der Waals surface area contributed by atoms with Crippen LogP contribution in [0.2, 0.25) is 0 Å². The minimum Gasteiger partial charge on any atom is -0.496 e. The first kappa shape index (κ1) is 11.6. The van der Waals surface area contributed by atoms with E-state index < -0.39 is 0 Å². The zero-order valence-electron chi connectivity index (χ0n) is 8.81. The summed E-state index contributed by atoms with van der Waals surface area (Å²) in [6.07, 6.45) is 0. The average Bonchev–Trinajstić information content (AvgIpc) is 2.81. The molecule has 0 fully saturated rings. The van der Waals surface area contributed by atoms with Crippen molar-refractivity contribution in [1.82, 2.24) is 0 Å². The fourth-order valence-electron chi connectivity index (χ4n) is 1.56. The summed E-state index contributed by atoms with van der Waals surface area (Å²) in [5.74, 6) is 0.815. The first-order chi connectivity index (χ1) is 7.72. The third-order valence-electron chi connectivity index (χ3n) is 2.38. The number of hydrogen-bond acceptors (Lipinski definition) is 3. The molecule has 1 atom stereocenters. The highest BCUT2D eigenvalue weighted by molar-refractivity contribution is 9.10. The molecule has 2 nitrogen and oxygen atoms in total. The van der Waals surface area contributed by atoms with Crippen LogP contribution in [0.3, 0.4) is 0 Å². The van der Waals surface area contributed by atoms with Gasteiger partial charge in [-0.15, -0.1) is 11.3 Å². The summed E-state index contributed by atoms with van der Waals surface area (Å²) in [6, 6.07) is 9.83. The predicted molar refractivity (Wildman–Crippen MR) is 71.0 cm³/mol. The summed E-state index contributed by atoms with van der Waals surface area (Å²) in [6.45, 7) is 0. The quantitative estimate of drug-likeness (QED) is 0.940. The molecule has 0 bridgehead atoms. The van der Waals surface area contributed by atoms with Crippen molar-refractivity contribution in [3.8, 4) is 5.75 Å². The molecule has 2 N–H and O–H groups in total. The summed E-state index contributed by atoms with van der Waals surface area (Å²) in [5.41, 5.74) is 7.21. The molecule has 0 saturated carbocycles. The molecule has 2 aromatic rings. The van der Waals surface area contributed by atoms with E-state index in [2.05, 4.69) is 15.9 Å². The van der Waals surface area contributed by atoms with Crippen LogP contribution in [0.5, 0.6) is 5.75 Å². The lowest BCUT2D eigenvalue weighted by molar-refractivity contribution is 0.407. The van der Waals surface area contributed by atoms with Gasteiger partial charge in [0.1, 0.15) is 5.75 Å². The van der Waals surface area contributed by atoms with E-state index in [1.165, 1.54) is 0 Å². The molecule has 0 radical (unpaired) electrons. The molecule has 1 heterocycles. The van der Waals surface area contributed by atoms with Gasteiger partial charge in [0.05, 0.1) is 13.2 Å². The summed E-state index contributed by atoms with van der Waals surface area (Å²) < 4.78 is 6.33. The van der Waals surface area contributed by atoms with Crippen molar-refractivity contribution in [2.45, 2.75) is 6.04 Å². The second-order valence-electron chi connectivity index (χ2n) is 3.38. The minimum atomic E-state index is -0.122. The molecule has 2 rings (SSSR count). The Labute approximate surface area is 107 Å². The Kier molecular flexibility index (Phi) is 3.63. The van der Waals surface area contributed by atoms with Gasteiger partial charge in [-0.05, 0) is 23.6 Å². The normalized spacial score (nSPS) is 12.4. The molecule has 0 aliphatic heterocycles. The van der Waals surface area contributed by atoms with Crippen LogP contribution in [-0.4, -0.2) is 7.11 Å². The lowest BCUT2D eigenvalue weighted by Gasteiger charge is -2.14. The summed E-state index contributed by atoms with van der Waals surface area (Å²) >= 11 is 5.07. The Hall–Kier alpha value is -0.840. The number of rotatable bonds is 3. The van der Waals surface area contributed by atoms with Gasteiger partial charge in [0, 0.05) is 14.9 Å². The van der Waals surface area contributed by atoms with Gasteiger partial charge in [-0.2, -0.15) is 0 Å². The van der Waals surface area contributed by atoms with Crippen molar-refractivity contribution < 1.29 is 4.74 Å². The van der Waals surface area contributed by atoms with E-state index >= 15 is 0 Å². The third-order valence-corrected chi connectivity index (χ3v) is 3.83. The van der Waals surface area contributed by atoms with Gasteiger partial charge in [-0.1, -0.05) is 28.1 Å². The largest absolute Gasteiger partial charge is 0.496 e. The lowest BCUT2D eigenvalue weighted by Crippen LogP contribution is -2.11. The molecule has 1 aromatic heterocycles. The van der Waals surface area contributed by atoms with Gasteiger partial charge >= 0.3 is 0 Å². The zero-order valence-corrected chi connectivity index (χ0v) is 11.2. The number of methoxy groups -OCH3 is 1. The van der Waals surface area contributed by atoms with E-state index in [0.29, 0.717) is 0 Å². The lowest BCUT2D eigenvalue weighted by atomic mass is 10.1. The van der Waals surface area contributed by atoms with Crippen molar-refractivity contribution in [3.63, 3.8) is 0 Å². The second kappa shape index (κ2) is 4.99. The van der Waals surface area contributed by atoms with Gasteiger partial charge in [0.15, 0.2) is 0 Å². The first-order valence-corrected chi connectivity index (χ1v) is 6.52. The average molecular weight is 298 g/mol. The van der Waals surface area contributed by atoms with E-state index in [0.717, 1.165) is 20.7 Å². The number of ether oxygens (including phenoxy) is 1. The molecule has 4 heteroatoms. The fourth-order valence-corrected chi connectivity index (χ4v) is 2.65. The van der Waals surface area contributed by atoms with Crippen molar-refractivity contribution in [2.24, 2.45) is 5.73 Å². The maximum absolute atomic E-state index is 6.20. The van der Waals surface area contributed by atoms with Crippen LogP contribution in [0, 0.1) is 0 Å². The molecule has 0 amide bonds. The highest BCUT2D eigenvalue weighted by atomic mass is 79.9. The van der Waals surface area contributed by atoms with Gasteiger partial charge in [0.2, 0.25) is 0 Å². The minimum absolute atomic E-state index is 0.122. The Balaban J connectivity index is 2.40. The van der Waals surface area contributed by atoms with Crippen molar-refractivity contribution in [3.05, 3.63) is 50.6 Å². The molecular weight excluding hydrogens is 286 g/mol. The Morgan fingerprint density at radius 2 is 2.19 bits per heavy atom.